The molecule has 1 fully saturated rings. The van der Waals surface area contributed by atoms with Gasteiger partial charge in [0.05, 0.1) is 0 Å². The van der Waals surface area contributed by atoms with Gasteiger partial charge in [-0.1, -0.05) is 20.8 Å². The first-order valence-electron chi connectivity index (χ1n) is 6.85. The molecule has 0 N–H and O–H groups in total. The SMILES string of the molecule is CCC1CCC(C)N1c1cc(Br)nc(C(C)C)n1. The Hall–Kier alpha value is -0.640. The number of hydrogen-bond donors (Lipinski definition) is 0. The first-order chi connectivity index (χ1) is 8.52. The molecular formula is C14H22BrN3. The zero-order valence-electron chi connectivity index (χ0n) is 11.7. The Labute approximate surface area is 118 Å². The highest BCUT2D eigenvalue weighted by molar-refractivity contribution is 9.10. The molecule has 0 saturated carbocycles. The summed E-state index contributed by atoms with van der Waals surface area (Å²) in [5.74, 6) is 2.37. The highest BCUT2D eigenvalue weighted by atomic mass is 79.9. The van der Waals surface area contributed by atoms with Crippen molar-refractivity contribution in [3.63, 3.8) is 0 Å². The summed E-state index contributed by atoms with van der Waals surface area (Å²) >= 11 is 3.51. The third-order valence-corrected chi connectivity index (χ3v) is 4.14. The van der Waals surface area contributed by atoms with E-state index in [1.807, 2.05) is 0 Å². The molecule has 4 heteroatoms. The van der Waals surface area contributed by atoms with Gasteiger partial charge in [-0.25, -0.2) is 9.97 Å². The van der Waals surface area contributed by atoms with Crippen molar-refractivity contribution in [2.75, 3.05) is 4.90 Å². The van der Waals surface area contributed by atoms with Crippen LogP contribution in [0.3, 0.4) is 0 Å². The lowest BCUT2D eigenvalue weighted by Gasteiger charge is -2.29. The molecule has 0 aromatic carbocycles. The maximum absolute atomic E-state index is 4.75. The van der Waals surface area contributed by atoms with E-state index >= 15 is 0 Å². The Balaban J connectivity index is 2.37. The van der Waals surface area contributed by atoms with Crippen LogP contribution in [0.5, 0.6) is 0 Å². The Bertz CT molecular complexity index is 420. The number of rotatable bonds is 3. The van der Waals surface area contributed by atoms with Crippen LogP contribution in [0.1, 0.15) is 58.7 Å². The van der Waals surface area contributed by atoms with Gasteiger partial charge in [0.25, 0.3) is 0 Å². The van der Waals surface area contributed by atoms with E-state index in [0.717, 1.165) is 16.2 Å². The van der Waals surface area contributed by atoms with Gasteiger partial charge in [-0.15, -0.1) is 0 Å². The number of anilines is 1. The fourth-order valence-electron chi connectivity index (χ4n) is 2.70. The van der Waals surface area contributed by atoms with Crippen molar-refractivity contribution < 1.29 is 0 Å². The minimum absolute atomic E-state index is 0.360. The van der Waals surface area contributed by atoms with Crippen LogP contribution in [-0.4, -0.2) is 22.1 Å². The molecule has 2 heterocycles. The molecule has 2 unspecified atom stereocenters. The zero-order chi connectivity index (χ0) is 13.3. The second-order valence-corrected chi connectivity index (χ2v) is 6.27. The van der Waals surface area contributed by atoms with E-state index in [1.165, 1.54) is 19.3 Å². The van der Waals surface area contributed by atoms with Crippen LogP contribution < -0.4 is 4.90 Å². The zero-order valence-corrected chi connectivity index (χ0v) is 13.2. The lowest BCUT2D eigenvalue weighted by Crippen LogP contribution is -2.35. The molecule has 0 bridgehead atoms. The van der Waals surface area contributed by atoms with E-state index in [-0.39, 0.29) is 0 Å². The van der Waals surface area contributed by atoms with Crippen molar-refractivity contribution >= 4 is 21.7 Å². The molecule has 1 aromatic heterocycles. The van der Waals surface area contributed by atoms with Crippen molar-refractivity contribution in [1.82, 2.24) is 9.97 Å². The summed E-state index contributed by atoms with van der Waals surface area (Å²) in [5, 5.41) is 0. The summed E-state index contributed by atoms with van der Waals surface area (Å²) in [4.78, 5) is 11.7. The van der Waals surface area contributed by atoms with E-state index in [0.29, 0.717) is 18.0 Å². The molecule has 2 atom stereocenters. The quantitative estimate of drug-likeness (QED) is 0.786. The van der Waals surface area contributed by atoms with Gasteiger partial charge in [0.15, 0.2) is 0 Å². The lowest BCUT2D eigenvalue weighted by molar-refractivity contribution is 0.615. The standard InChI is InChI=1S/C14H22BrN3/c1-5-11-7-6-10(4)18(11)13-8-12(15)16-14(17-13)9(2)3/h8-11H,5-7H2,1-4H3. The van der Waals surface area contributed by atoms with E-state index < -0.39 is 0 Å². The van der Waals surface area contributed by atoms with E-state index in [9.17, 15) is 0 Å². The summed E-state index contributed by atoms with van der Waals surface area (Å²) in [7, 11) is 0. The average Bonchev–Trinajstić information content (AvgIpc) is 2.69. The molecule has 0 aliphatic carbocycles. The first kappa shape index (κ1) is 13.8. The van der Waals surface area contributed by atoms with Crippen molar-refractivity contribution in [3.8, 4) is 0 Å². The third-order valence-electron chi connectivity index (χ3n) is 3.74. The number of hydrogen-bond acceptors (Lipinski definition) is 3. The fourth-order valence-corrected chi connectivity index (χ4v) is 3.09. The average molecular weight is 312 g/mol. The predicted molar refractivity (Wildman–Crippen MR) is 79.1 cm³/mol. The molecule has 1 saturated heterocycles. The maximum Gasteiger partial charge on any atom is 0.134 e. The van der Waals surface area contributed by atoms with Gasteiger partial charge in [0.2, 0.25) is 0 Å². The van der Waals surface area contributed by atoms with Gasteiger partial charge in [-0.05, 0) is 42.1 Å². The van der Waals surface area contributed by atoms with Crippen LogP contribution in [0.4, 0.5) is 5.82 Å². The maximum atomic E-state index is 4.75. The molecule has 2 rings (SSSR count). The first-order valence-corrected chi connectivity index (χ1v) is 7.65. The molecule has 0 spiro atoms. The van der Waals surface area contributed by atoms with Crippen molar-refractivity contribution in [1.29, 1.82) is 0 Å². The Kier molecular flexibility index (Phi) is 4.25. The lowest BCUT2D eigenvalue weighted by atomic mass is 10.1. The number of halogens is 1. The molecular weight excluding hydrogens is 290 g/mol. The third kappa shape index (κ3) is 2.68. The number of nitrogens with zero attached hydrogens (tertiary/aromatic N) is 3. The van der Waals surface area contributed by atoms with Gasteiger partial charge >= 0.3 is 0 Å². The molecule has 18 heavy (non-hydrogen) atoms. The van der Waals surface area contributed by atoms with Gasteiger partial charge in [0.1, 0.15) is 16.2 Å². The van der Waals surface area contributed by atoms with E-state index in [1.54, 1.807) is 0 Å². The Morgan fingerprint density at radius 3 is 2.72 bits per heavy atom. The molecule has 1 aliphatic rings. The molecule has 3 nitrogen and oxygen atoms in total. The molecule has 0 radical (unpaired) electrons. The van der Waals surface area contributed by atoms with Crippen LogP contribution in [0.25, 0.3) is 0 Å². The summed E-state index contributed by atoms with van der Waals surface area (Å²) in [6.45, 7) is 8.82. The highest BCUT2D eigenvalue weighted by Crippen LogP contribution is 2.32. The Morgan fingerprint density at radius 1 is 1.39 bits per heavy atom. The molecule has 100 valence electrons. The fraction of sp³-hybridized carbons (Fsp3) is 0.714. The van der Waals surface area contributed by atoms with Crippen LogP contribution in [0.2, 0.25) is 0 Å². The Morgan fingerprint density at radius 2 is 2.11 bits per heavy atom. The minimum atomic E-state index is 0.360. The molecule has 1 aliphatic heterocycles. The summed E-state index contributed by atoms with van der Waals surface area (Å²) < 4.78 is 0.894. The summed E-state index contributed by atoms with van der Waals surface area (Å²) in [5.41, 5.74) is 0. The molecule has 0 amide bonds. The largest absolute Gasteiger partial charge is 0.351 e. The second-order valence-electron chi connectivity index (χ2n) is 5.46. The van der Waals surface area contributed by atoms with E-state index in [2.05, 4.69) is 59.6 Å². The van der Waals surface area contributed by atoms with Crippen LogP contribution in [0, 0.1) is 0 Å². The number of aromatic nitrogens is 2. The van der Waals surface area contributed by atoms with E-state index in [4.69, 9.17) is 4.98 Å². The molecule has 1 aromatic rings. The van der Waals surface area contributed by atoms with Gasteiger partial charge < -0.3 is 4.90 Å². The summed E-state index contributed by atoms with van der Waals surface area (Å²) in [6.07, 6.45) is 3.72. The highest BCUT2D eigenvalue weighted by Gasteiger charge is 2.30. The van der Waals surface area contributed by atoms with Crippen molar-refractivity contribution in [3.05, 3.63) is 16.5 Å². The minimum Gasteiger partial charge on any atom is -0.351 e. The van der Waals surface area contributed by atoms with Gasteiger partial charge in [0, 0.05) is 24.1 Å². The second kappa shape index (κ2) is 5.55. The van der Waals surface area contributed by atoms with Crippen molar-refractivity contribution in [2.45, 2.75) is 65.0 Å². The predicted octanol–water partition coefficient (Wildman–Crippen LogP) is 4.13. The normalized spacial score (nSPS) is 24.0. The van der Waals surface area contributed by atoms with Gasteiger partial charge in [-0.3, -0.25) is 0 Å². The van der Waals surface area contributed by atoms with Gasteiger partial charge in [-0.2, -0.15) is 0 Å². The smallest absolute Gasteiger partial charge is 0.134 e. The van der Waals surface area contributed by atoms with Crippen LogP contribution in [-0.2, 0) is 0 Å². The monoisotopic (exact) mass is 311 g/mol. The van der Waals surface area contributed by atoms with Crippen LogP contribution in [0.15, 0.2) is 10.7 Å². The topological polar surface area (TPSA) is 29.0 Å². The van der Waals surface area contributed by atoms with Crippen molar-refractivity contribution in [2.24, 2.45) is 0 Å². The van der Waals surface area contributed by atoms with Crippen LogP contribution >= 0.6 is 15.9 Å². The summed E-state index contributed by atoms with van der Waals surface area (Å²) in [6, 6.07) is 3.26.